The summed E-state index contributed by atoms with van der Waals surface area (Å²) in [6.07, 6.45) is 0.356. The zero-order valence-electron chi connectivity index (χ0n) is 6.79. The Morgan fingerprint density at radius 1 is 1.36 bits per heavy atom. The summed E-state index contributed by atoms with van der Waals surface area (Å²) in [4.78, 5) is 0. The van der Waals surface area contributed by atoms with E-state index in [-0.39, 0.29) is 24.8 Å². The number of nitrogens with one attached hydrogen (secondary N) is 2. The Morgan fingerprint density at radius 3 is 2.36 bits per heavy atom. The Balaban J connectivity index is 0. The Morgan fingerprint density at radius 2 is 2.00 bits per heavy atom. The minimum absolute atomic E-state index is 0. The van der Waals surface area contributed by atoms with Gasteiger partial charge in [0.05, 0.1) is 6.10 Å². The van der Waals surface area contributed by atoms with Crippen molar-refractivity contribution < 1.29 is 4.74 Å². The first-order valence-electron chi connectivity index (χ1n) is 3.29. The summed E-state index contributed by atoms with van der Waals surface area (Å²) in [5, 5.41) is 6.41. The topological polar surface area (TPSA) is 33.3 Å². The summed E-state index contributed by atoms with van der Waals surface area (Å²) in [6, 6.07) is 0.495. The van der Waals surface area contributed by atoms with Crippen molar-refractivity contribution in [2.75, 3.05) is 27.2 Å². The molecule has 5 heteroatoms. The fraction of sp³-hybridized carbons (Fsp3) is 1.00. The second kappa shape index (κ2) is 7.13. The van der Waals surface area contributed by atoms with Crippen LogP contribution in [-0.2, 0) is 4.74 Å². The van der Waals surface area contributed by atoms with E-state index in [1.54, 1.807) is 7.11 Å². The summed E-state index contributed by atoms with van der Waals surface area (Å²) < 4.78 is 5.19. The van der Waals surface area contributed by atoms with Crippen molar-refractivity contribution in [2.24, 2.45) is 0 Å². The van der Waals surface area contributed by atoms with Gasteiger partial charge in [-0.3, -0.25) is 0 Å². The second-order valence-electron chi connectivity index (χ2n) is 2.33. The summed E-state index contributed by atoms with van der Waals surface area (Å²) in [7, 11) is 3.71. The minimum Gasteiger partial charge on any atom is -0.378 e. The number of hydrogen-bond acceptors (Lipinski definition) is 3. The molecule has 0 saturated carbocycles. The molecule has 1 aliphatic heterocycles. The van der Waals surface area contributed by atoms with Crippen molar-refractivity contribution in [1.29, 1.82) is 0 Å². The largest absolute Gasteiger partial charge is 0.378 e. The van der Waals surface area contributed by atoms with Gasteiger partial charge >= 0.3 is 0 Å². The highest BCUT2D eigenvalue weighted by atomic mass is 35.5. The molecule has 2 atom stereocenters. The van der Waals surface area contributed by atoms with E-state index in [0.717, 1.165) is 13.1 Å². The van der Waals surface area contributed by atoms with Crippen LogP contribution in [0, 0.1) is 0 Å². The molecule has 0 radical (unpaired) electrons. The van der Waals surface area contributed by atoms with Gasteiger partial charge in [0.25, 0.3) is 0 Å². The molecule has 1 saturated heterocycles. The maximum atomic E-state index is 5.19. The van der Waals surface area contributed by atoms with Gasteiger partial charge in [-0.25, -0.2) is 0 Å². The van der Waals surface area contributed by atoms with E-state index in [9.17, 15) is 0 Å². The molecule has 0 aliphatic carbocycles. The molecule has 1 fully saturated rings. The third kappa shape index (κ3) is 3.58. The van der Waals surface area contributed by atoms with Crippen LogP contribution in [0.15, 0.2) is 0 Å². The maximum Gasteiger partial charge on any atom is 0.0860 e. The third-order valence-corrected chi connectivity index (χ3v) is 1.83. The van der Waals surface area contributed by atoms with Gasteiger partial charge in [0, 0.05) is 26.2 Å². The molecule has 0 aromatic rings. The standard InChI is InChI=1S/C6H14N2O.2ClH/c1-7-5-3-8-4-6(5)9-2;;/h5-8H,3-4H2,1-2H3;2*1H/t5-,6-;;/m1../s1. The van der Waals surface area contributed by atoms with Crippen molar-refractivity contribution in [3.05, 3.63) is 0 Å². The second-order valence-corrected chi connectivity index (χ2v) is 2.33. The van der Waals surface area contributed by atoms with Crippen LogP contribution >= 0.6 is 24.8 Å². The first-order valence-corrected chi connectivity index (χ1v) is 3.29. The van der Waals surface area contributed by atoms with Crippen molar-refractivity contribution in [3.8, 4) is 0 Å². The van der Waals surface area contributed by atoms with Crippen LogP contribution in [0.3, 0.4) is 0 Å². The minimum atomic E-state index is 0. The Kier molecular flexibility index (Phi) is 9.08. The zero-order chi connectivity index (χ0) is 6.69. The molecule has 1 aliphatic rings. The molecule has 2 N–H and O–H groups in total. The van der Waals surface area contributed by atoms with Crippen molar-refractivity contribution in [3.63, 3.8) is 0 Å². The van der Waals surface area contributed by atoms with Crippen LogP contribution in [-0.4, -0.2) is 39.4 Å². The van der Waals surface area contributed by atoms with Gasteiger partial charge in [-0.1, -0.05) is 0 Å². The normalized spacial score (nSPS) is 28.9. The maximum absolute atomic E-state index is 5.19. The fourth-order valence-corrected chi connectivity index (χ4v) is 1.19. The van der Waals surface area contributed by atoms with E-state index in [0.29, 0.717) is 12.1 Å². The van der Waals surface area contributed by atoms with E-state index < -0.39 is 0 Å². The van der Waals surface area contributed by atoms with Crippen LogP contribution in [0.4, 0.5) is 0 Å². The molecule has 70 valence electrons. The Labute approximate surface area is 80.1 Å². The van der Waals surface area contributed by atoms with Crippen LogP contribution < -0.4 is 10.6 Å². The van der Waals surface area contributed by atoms with Gasteiger partial charge in [0.2, 0.25) is 0 Å². The van der Waals surface area contributed by atoms with E-state index in [1.807, 2.05) is 7.05 Å². The SMILES string of the molecule is CN[C@@H]1CNC[C@H]1OC.Cl.Cl. The quantitative estimate of drug-likeness (QED) is 0.664. The van der Waals surface area contributed by atoms with Crippen LogP contribution in [0.5, 0.6) is 0 Å². The molecule has 11 heavy (non-hydrogen) atoms. The number of methoxy groups -OCH3 is 1. The molecule has 0 aromatic heterocycles. The van der Waals surface area contributed by atoms with Crippen LogP contribution in [0.25, 0.3) is 0 Å². The fourth-order valence-electron chi connectivity index (χ4n) is 1.19. The predicted molar refractivity (Wildman–Crippen MR) is 51.0 cm³/mol. The first kappa shape index (κ1) is 14.0. The number of likely N-dealkylation sites (N-methyl/N-ethyl adjacent to an activating group) is 1. The van der Waals surface area contributed by atoms with Crippen molar-refractivity contribution in [2.45, 2.75) is 12.1 Å². The highest BCUT2D eigenvalue weighted by Crippen LogP contribution is 2.01. The molecule has 1 heterocycles. The average molecular weight is 203 g/mol. The summed E-state index contributed by atoms with van der Waals surface area (Å²) >= 11 is 0. The number of ether oxygens (including phenoxy) is 1. The van der Waals surface area contributed by atoms with Crippen LogP contribution in [0.1, 0.15) is 0 Å². The molecular weight excluding hydrogens is 187 g/mol. The molecule has 0 aromatic carbocycles. The van der Waals surface area contributed by atoms with Gasteiger partial charge < -0.3 is 15.4 Å². The Hall–Kier alpha value is 0.460. The van der Waals surface area contributed by atoms with Crippen molar-refractivity contribution in [1.82, 2.24) is 10.6 Å². The van der Waals surface area contributed by atoms with E-state index in [4.69, 9.17) is 4.74 Å². The van der Waals surface area contributed by atoms with Gasteiger partial charge in [0.1, 0.15) is 0 Å². The summed E-state index contributed by atoms with van der Waals surface area (Å²) in [6.45, 7) is 2.00. The molecular formula is C6H16Cl2N2O. The number of rotatable bonds is 2. The van der Waals surface area contributed by atoms with Gasteiger partial charge in [-0.15, -0.1) is 24.8 Å². The van der Waals surface area contributed by atoms with Crippen molar-refractivity contribution >= 4 is 24.8 Å². The smallest absolute Gasteiger partial charge is 0.0860 e. The number of halogens is 2. The monoisotopic (exact) mass is 202 g/mol. The number of hydrogen-bond donors (Lipinski definition) is 2. The van der Waals surface area contributed by atoms with Crippen LogP contribution in [0.2, 0.25) is 0 Å². The van der Waals surface area contributed by atoms with Gasteiger partial charge in [0.15, 0.2) is 0 Å². The predicted octanol–water partition coefficient (Wildman–Crippen LogP) is 0.0362. The molecule has 0 bridgehead atoms. The molecule has 1 rings (SSSR count). The van der Waals surface area contributed by atoms with Gasteiger partial charge in [-0.05, 0) is 7.05 Å². The molecule has 0 amide bonds. The Bertz CT molecular complexity index is 84.7. The van der Waals surface area contributed by atoms with Gasteiger partial charge in [-0.2, -0.15) is 0 Å². The highest BCUT2D eigenvalue weighted by Gasteiger charge is 2.24. The van der Waals surface area contributed by atoms with E-state index >= 15 is 0 Å². The third-order valence-electron chi connectivity index (χ3n) is 1.83. The highest BCUT2D eigenvalue weighted by molar-refractivity contribution is 5.85. The van der Waals surface area contributed by atoms with E-state index in [1.165, 1.54) is 0 Å². The molecule has 0 unspecified atom stereocenters. The summed E-state index contributed by atoms with van der Waals surface area (Å²) in [5.41, 5.74) is 0. The lowest BCUT2D eigenvalue weighted by atomic mass is 10.2. The van der Waals surface area contributed by atoms with E-state index in [2.05, 4.69) is 10.6 Å². The first-order chi connectivity index (χ1) is 4.38. The lowest BCUT2D eigenvalue weighted by Crippen LogP contribution is -2.37. The summed E-state index contributed by atoms with van der Waals surface area (Å²) in [5.74, 6) is 0. The lowest BCUT2D eigenvalue weighted by molar-refractivity contribution is 0.0987. The molecule has 3 nitrogen and oxygen atoms in total. The average Bonchev–Trinajstić information content (AvgIpc) is 2.33. The zero-order valence-corrected chi connectivity index (χ0v) is 8.43. The lowest BCUT2D eigenvalue weighted by Gasteiger charge is -2.14. The molecule has 0 spiro atoms.